The Morgan fingerprint density at radius 3 is 2.75 bits per heavy atom. The average molecular weight is 286 g/mol. The highest BCUT2D eigenvalue weighted by Crippen LogP contribution is 2.20. The van der Waals surface area contributed by atoms with Crippen LogP contribution in [0.15, 0.2) is 0 Å². The van der Waals surface area contributed by atoms with Crippen molar-refractivity contribution in [1.29, 1.82) is 0 Å². The number of carbonyl (C=O) groups is 1. The zero-order valence-electron chi connectivity index (χ0n) is 13.4. The van der Waals surface area contributed by atoms with Gasteiger partial charge in [0.25, 0.3) is 0 Å². The van der Waals surface area contributed by atoms with Crippen LogP contribution >= 0.6 is 0 Å². The van der Waals surface area contributed by atoms with Gasteiger partial charge in [-0.1, -0.05) is 0 Å². The van der Waals surface area contributed by atoms with Gasteiger partial charge < -0.3 is 19.7 Å². The van der Waals surface area contributed by atoms with Gasteiger partial charge in [0.2, 0.25) is 0 Å². The van der Waals surface area contributed by atoms with Crippen molar-refractivity contribution >= 4 is 6.09 Å². The minimum atomic E-state index is -0.419. The van der Waals surface area contributed by atoms with Crippen molar-refractivity contribution in [2.75, 3.05) is 33.4 Å². The van der Waals surface area contributed by atoms with Crippen molar-refractivity contribution in [3.63, 3.8) is 0 Å². The number of likely N-dealkylation sites (tertiary alicyclic amines) is 1. The first-order chi connectivity index (χ1) is 9.44. The predicted molar refractivity (Wildman–Crippen MR) is 79.9 cm³/mol. The third kappa shape index (κ3) is 6.57. The summed E-state index contributed by atoms with van der Waals surface area (Å²) in [6.07, 6.45) is 4.12. The molecule has 1 unspecified atom stereocenters. The topological polar surface area (TPSA) is 50.8 Å². The molecule has 1 rings (SSSR count). The van der Waals surface area contributed by atoms with Crippen molar-refractivity contribution < 1.29 is 14.3 Å². The first-order valence-electron chi connectivity index (χ1n) is 7.63. The first kappa shape index (κ1) is 17.2. The van der Waals surface area contributed by atoms with E-state index < -0.39 is 5.60 Å². The van der Waals surface area contributed by atoms with Crippen molar-refractivity contribution in [1.82, 2.24) is 10.2 Å². The summed E-state index contributed by atoms with van der Waals surface area (Å²) in [4.78, 5) is 14.0. The highest BCUT2D eigenvalue weighted by molar-refractivity contribution is 5.69. The number of hydrogen-bond donors (Lipinski definition) is 1. The molecule has 0 radical (unpaired) electrons. The van der Waals surface area contributed by atoms with E-state index in [-0.39, 0.29) is 12.1 Å². The van der Waals surface area contributed by atoms with Gasteiger partial charge in [0.15, 0.2) is 0 Å². The van der Waals surface area contributed by atoms with Crippen LogP contribution in [-0.2, 0) is 9.47 Å². The minimum absolute atomic E-state index is 0.179. The lowest BCUT2D eigenvalue weighted by molar-refractivity contribution is 0.0226. The molecule has 0 aliphatic carbocycles. The molecule has 0 spiro atoms. The monoisotopic (exact) mass is 286 g/mol. The Labute approximate surface area is 123 Å². The number of methoxy groups -OCH3 is 1. The number of nitrogens with zero attached hydrogens (tertiary/aromatic N) is 1. The van der Waals surface area contributed by atoms with E-state index in [1.165, 1.54) is 0 Å². The summed E-state index contributed by atoms with van der Waals surface area (Å²) in [5.41, 5.74) is -0.419. The lowest BCUT2D eigenvalue weighted by atomic mass is 10.2. The van der Waals surface area contributed by atoms with Gasteiger partial charge in [-0.3, -0.25) is 0 Å². The molecule has 1 atom stereocenters. The quantitative estimate of drug-likeness (QED) is 0.730. The lowest BCUT2D eigenvalue weighted by Gasteiger charge is -2.28. The molecule has 1 aliphatic heterocycles. The molecule has 0 aromatic rings. The summed E-state index contributed by atoms with van der Waals surface area (Å²) in [5, 5.41) is 3.43. The van der Waals surface area contributed by atoms with Crippen LogP contribution in [0.1, 0.15) is 46.5 Å². The van der Waals surface area contributed by atoms with Crippen LogP contribution in [0.25, 0.3) is 0 Å². The van der Waals surface area contributed by atoms with Crippen molar-refractivity contribution in [3.05, 3.63) is 0 Å². The Morgan fingerprint density at radius 2 is 2.10 bits per heavy atom. The Balaban J connectivity index is 2.25. The molecule has 0 bridgehead atoms. The molecule has 1 amide bonds. The van der Waals surface area contributed by atoms with Gasteiger partial charge in [0.1, 0.15) is 5.60 Å². The first-order valence-corrected chi connectivity index (χ1v) is 7.63. The lowest BCUT2D eigenvalue weighted by Crippen LogP contribution is -2.44. The predicted octanol–water partition coefficient (Wildman–Crippen LogP) is 2.40. The standard InChI is InChI=1S/C15H30N2O3/c1-15(2,3)20-14(18)17-10-7-8-13(17)12-16-9-5-6-11-19-4/h13,16H,5-12H2,1-4H3. The molecular weight excluding hydrogens is 256 g/mol. The zero-order valence-corrected chi connectivity index (χ0v) is 13.4. The summed E-state index contributed by atoms with van der Waals surface area (Å²) in [5.74, 6) is 0. The Hall–Kier alpha value is -0.810. The fourth-order valence-electron chi connectivity index (χ4n) is 2.37. The smallest absolute Gasteiger partial charge is 0.410 e. The second-order valence-electron chi connectivity index (χ2n) is 6.37. The van der Waals surface area contributed by atoms with Gasteiger partial charge >= 0.3 is 6.09 Å². The van der Waals surface area contributed by atoms with Crippen molar-refractivity contribution in [3.8, 4) is 0 Å². The summed E-state index contributed by atoms with van der Waals surface area (Å²) < 4.78 is 10.5. The molecule has 0 saturated carbocycles. The normalized spacial score (nSPS) is 19.4. The molecule has 5 heteroatoms. The molecule has 20 heavy (non-hydrogen) atoms. The van der Waals surface area contributed by atoms with E-state index in [0.717, 1.165) is 51.9 Å². The maximum atomic E-state index is 12.1. The molecule has 5 nitrogen and oxygen atoms in total. The van der Waals surface area contributed by atoms with Crippen LogP contribution in [0.3, 0.4) is 0 Å². The van der Waals surface area contributed by atoms with Crippen LogP contribution in [0, 0.1) is 0 Å². The van der Waals surface area contributed by atoms with E-state index in [0.29, 0.717) is 0 Å². The maximum Gasteiger partial charge on any atom is 0.410 e. The van der Waals surface area contributed by atoms with Gasteiger partial charge in [-0.15, -0.1) is 0 Å². The number of unbranched alkanes of at least 4 members (excludes halogenated alkanes) is 1. The van der Waals surface area contributed by atoms with Gasteiger partial charge in [-0.25, -0.2) is 4.79 Å². The van der Waals surface area contributed by atoms with Crippen LogP contribution in [0.4, 0.5) is 4.79 Å². The van der Waals surface area contributed by atoms with Gasteiger partial charge in [-0.2, -0.15) is 0 Å². The number of hydrogen-bond acceptors (Lipinski definition) is 4. The summed E-state index contributed by atoms with van der Waals surface area (Å²) in [6.45, 7) is 9.17. The van der Waals surface area contributed by atoms with Gasteiger partial charge in [0.05, 0.1) is 0 Å². The molecule has 1 fully saturated rings. The van der Waals surface area contributed by atoms with Crippen LogP contribution in [-0.4, -0.2) is 56.0 Å². The molecule has 1 N–H and O–H groups in total. The number of ether oxygens (including phenoxy) is 2. The van der Waals surface area contributed by atoms with E-state index >= 15 is 0 Å². The highest BCUT2D eigenvalue weighted by atomic mass is 16.6. The van der Waals surface area contributed by atoms with Crippen molar-refractivity contribution in [2.45, 2.75) is 58.1 Å². The second kappa shape index (κ2) is 8.47. The van der Waals surface area contributed by atoms with E-state index in [1.807, 2.05) is 25.7 Å². The SMILES string of the molecule is COCCCCNCC1CCCN1C(=O)OC(C)(C)C. The Kier molecular flexibility index (Phi) is 7.30. The molecule has 118 valence electrons. The van der Waals surface area contributed by atoms with E-state index in [9.17, 15) is 4.79 Å². The summed E-state index contributed by atoms with van der Waals surface area (Å²) in [7, 11) is 1.73. The fraction of sp³-hybridized carbons (Fsp3) is 0.933. The molecule has 1 aliphatic rings. The second-order valence-corrected chi connectivity index (χ2v) is 6.37. The maximum absolute atomic E-state index is 12.1. The molecule has 1 heterocycles. The van der Waals surface area contributed by atoms with Gasteiger partial charge in [0, 0.05) is 32.8 Å². The number of carbonyl (C=O) groups excluding carboxylic acids is 1. The largest absolute Gasteiger partial charge is 0.444 e. The fourth-order valence-corrected chi connectivity index (χ4v) is 2.37. The van der Waals surface area contributed by atoms with E-state index in [2.05, 4.69) is 5.32 Å². The molecule has 1 saturated heterocycles. The number of amides is 1. The van der Waals surface area contributed by atoms with Crippen molar-refractivity contribution in [2.24, 2.45) is 0 Å². The molecular formula is C15H30N2O3. The highest BCUT2D eigenvalue weighted by Gasteiger charge is 2.31. The number of nitrogens with one attached hydrogen (secondary N) is 1. The van der Waals surface area contributed by atoms with E-state index in [4.69, 9.17) is 9.47 Å². The van der Waals surface area contributed by atoms with Crippen LogP contribution in [0.2, 0.25) is 0 Å². The number of rotatable bonds is 7. The average Bonchev–Trinajstić information content (AvgIpc) is 2.80. The Bertz CT molecular complexity index is 289. The summed E-state index contributed by atoms with van der Waals surface area (Å²) in [6, 6.07) is 0.271. The third-order valence-electron chi connectivity index (χ3n) is 3.34. The summed E-state index contributed by atoms with van der Waals surface area (Å²) >= 11 is 0. The minimum Gasteiger partial charge on any atom is -0.444 e. The third-order valence-corrected chi connectivity index (χ3v) is 3.34. The van der Waals surface area contributed by atoms with Crippen LogP contribution < -0.4 is 5.32 Å². The molecule has 0 aromatic carbocycles. The molecule has 0 aromatic heterocycles. The van der Waals surface area contributed by atoms with E-state index in [1.54, 1.807) is 7.11 Å². The van der Waals surface area contributed by atoms with Gasteiger partial charge in [-0.05, 0) is 53.0 Å². The Morgan fingerprint density at radius 1 is 1.35 bits per heavy atom. The van der Waals surface area contributed by atoms with Crippen LogP contribution in [0.5, 0.6) is 0 Å². The zero-order chi connectivity index (χ0) is 15.0.